The van der Waals surface area contributed by atoms with Crippen molar-refractivity contribution in [1.82, 2.24) is 10.2 Å². The number of hydrogen-bond donors (Lipinski definition) is 3. The van der Waals surface area contributed by atoms with E-state index in [1.54, 1.807) is 0 Å². The molecular formula is C25H33N3O4. The van der Waals surface area contributed by atoms with Gasteiger partial charge in [0.05, 0.1) is 0 Å². The summed E-state index contributed by atoms with van der Waals surface area (Å²) < 4.78 is 0. The average molecular weight is 440 g/mol. The second-order valence-electron chi connectivity index (χ2n) is 8.35. The normalized spacial score (nSPS) is 16.9. The predicted molar refractivity (Wildman–Crippen MR) is 125 cm³/mol. The maximum absolute atomic E-state index is 9.10. The maximum atomic E-state index is 9.10. The number of benzene rings is 2. The molecule has 0 aromatic heterocycles. The van der Waals surface area contributed by atoms with Crippen LogP contribution in [0.4, 0.5) is 5.69 Å². The summed E-state index contributed by atoms with van der Waals surface area (Å²) in [4.78, 5) is 23.3. The first-order chi connectivity index (χ1) is 15.5. The van der Waals surface area contributed by atoms with Gasteiger partial charge in [-0.05, 0) is 56.0 Å². The van der Waals surface area contributed by atoms with Crippen LogP contribution in [0.2, 0.25) is 0 Å². The Morgan fingerprint density at radius 1 is 0.844 bits per heavy atom. The van der Waals surface area contributed by atoms with Crippen molar-refractivity contribution in [2.24, 2.45) is 0 Å². The number of piperidine rings is 1. The Labute approximate surface area is 189 Å². The molecule has 4 rings (SSSR count). The van der Waals surface area contributed by atoms with Crippen molar-refractivity contribution in [1.29, 1.82) is 0 Å². The standard InChI is InChI=1S/C23H31N3.C2H2O4/c1-2-8-20(9-3-1)19-25-16-12-22(13-17-25)24-18-21-10-4-5-11-23(21)26-14-6-7-15-26;3-1(4)2(5)6/h1-5,8-11,22,24H,6-7,12-19H2;(H,3,4)(H,5,6). The molecule has 7 heteroatoms. The zero-order chi connectivity index (χ0) is 22.8. The van der Waals surface area contributed by atoms with Crippen LogP contribution >= 0.6 is 0 Å². The summed E-state index contributed by atoms with van der Waals surface area (Å²) in [5.74, 6) is -3.65. The van der Waals surface area contributed by atoms with E-state index in [9.17, 15) is 0 Å². The molecule has 2 aliphatic rings. The highest BCUT2D eigenvalue weighted by Gasteiger charge is 2.20. The number of nitrogens with one attached hydrogen (secondary N) is 1. The predicted octanol–water partition coefficient (Wildman–Crippen LogP) is 3.20. The highest BCUT2D eigenvalue weighted by atomic mass is 16.4. The Kier molecular flexibility index (Phi) is 9.07. The molecule has 2 fully saturated rings. The molecule has 0 saturated carbocycles. The molecule has 2 aromatic rings. The van der Waals surface area contributed by atoms with E-state index in [-0.39, 0.29) is 0 Å². The van der Waals surface area contributed by atoms with E-state index in [1.165, 1.54) is 68.7 Å². The van der Waals surface area contributed by atoms with Crippen molar-refractivity contribution in [2.75, 3.05) is 31.1 Å². The minimum atomic E-state index is -1.82. The van der Waals surface area contributed by atoms with Gasteiger partial charge in [0.2, 0.25) is 0 Å². The monoisotopic (exact) mass is 439 g/mol. The zero-order valence-electron chi connectivity index (χ0n) is 18.4. The Balaban J connectivity index is 0.000000427. The van der Waals surface area contributed by atoms with E-state index in [0.717, 1.165) is 13.1 Å². The van der Waals surface area contributed by atoms with E-state index >= 15 is 0 Å². The van der Waals surface area contributed by atoms with Crippen LogP contribution < -0.4 is 10.2 Å². The van der Waals surface area contributed by atoms with Crippen LogP contribution in [0, 0.1) is 0 Å². The fourth-order valence-corrected chi connectivity index (χ4v) is 4.32. The SMILES string of the molecule is O=C(O)C(=O)O.c1ccc(CN2CCC(NCc3ccccc3N3CCCC3)CC2)cc1. The number of likely N-dealkylation sites (tertiary alicyclic amines) is 1. The van der Waals surface area contributed by atoms with Gasteiger partial charge in [0.15, 0.2) is 0 Å². The van der Waals surface area contributed by atoms with Crippen LogP contribution in [0.15, 0.2) is 54.6 Å². The summed E-state index contributed by atoms with van der Waals surface area (Å²) >= 11 is 0. The van der Waals surface area contributed by atoms with Gasteiger partial charge in [-0.25, -0.2) is 9.59 Å². The molecule has 32 heavy (non-hydrogen) atoms. The summed E-state index contributed by atoms with van der Waals surface area (Å²) in [6.07, 6.45) is 5.17. The number of carbonyl (C=O) groups is 2. The number of carboxylic acid groups (broad SMARTS) is 2. The fourth-order valence-electron chi connectivity index (χ4n) is 4.32. The van der Waals surface area contributed by atoms with Gasteiger partial charge < -0.3 is 20.4 Å². The third kappa shape index (κ3) is 7.35. The van der Waals surface area contributed by atoms with Crippen LogP contribution in [0.1, 0.15) is 36.8 Å². The number of aliphatic carboxylic acids is 2. The first-order valence-electron chi connectivity index (χ1n) is 11.3. The van der Waals surface area contributed by atoms with Crippen LogP contribution in [0.5, 0.6) is 0 Å². The Morgan fingerprint density at radius 2 is 1.44 bits per heavy atom. The lowest BCUT2D eigenvalue weighted by atomic mass is 10.0. The van der Waals surface area contributed by atoms with Gasteiger partial charge in [-0.15, -0.1) is 0 Å². The van der Waals surface area contributed by atoms with Crippen LogP contribution in [0.25, 0.3) is 0 Å². The van der Waals surface area contributed by atoms with Crippen molar-refractivity contribution in [3.63, 3.8) is 0 Å². The van der Waals surface area contributed by atoms with Crippen molar-refractivity contribution in [3.8, 4) is 0 Å². The number of carboxylic acids is 2. The smallest absolute Gasteiger partial charge is 0.414 e. The summed E-state index contributed by atoms with van der Waals surface area (Å²) in [5, 5.41) is 18.6. The molecule has 0 amide bonds. The number of anilines is 1. The second kappa shape index (κ2) is 12.2. The van der Waals surface area contributed by atoms with Crippen LogP contribution in [-0.2, 0) is 22.7 Å². The Bertz CT molecular complexity index is 849. The third-order valence-corrected chi connectivity index (χ3v) is 6.04. The van der Waals surface area contributed by atoms with E-state index < -0.39 is 11.9 Å². The first-order valence-corrected chi connectivity index (χ1v) is 11.3. The molecule has 0 bridgehead atoms. The average Bonchev–Trinajstić information content (AvgIpc) is 3.35. The lowest BCUT2D eigenvalue weighted by Gasteiger charge is -2.33. The van der Waals surface area contributed by atoms with Gasteiger partial charge in [0.1, 0.15) is 0 Å². The molecular weight excluding hydrogens is 406 g/mol. The fraction of sp³-hybridized carbons (Fsp3) is 0.440. The zero-order valence-corrected chi connectivity index (χ0v) is 18.4. The highest BCUT2D eigenvalue weighted by molar-refractivity contribution is 6.27. The summed E-state index contributed by atoms with van der Waals surface area (Å²) in [5.41, 5.74) is 4.33. The Hall–Kier alpha value is -2.90. The van der Waals surface area contributed by atoms with Crippen molar-refractivity contribution < 1.29 is 19.8 Å². The number of hydrogen-bond acceptors (Lipinski definition) is 5. The van der Waals surface area contributed by atoms with Gasteiger partial charge in [0, 0.05) is 37.9 Å². The minimum Gasteiger partial charge on any atom is -0.473 e. The van der Waals surface area contributed by atoms with Crippen molar-refractivity contribution in [3.05, 3.63) is 65.7 Å². The van der Waals surface area contributed by atoms with Gasteiger partial charge in [-0.2, -0.15) is 0 Å². The molecule has 2 saturated heterocycles. The number of para-hydroxylation sites is 1. The molecule has 2 aliphatic heterocycles. The second-order valence-corrected chi connectivity index (χ2v) is 8.35. The lowest BCUT2D eigenvalue weighted by molar-refractivity contribution is -0.159. The summed E-state index contributed by atoms with van der Waals surface area (Å²) in [6, 6.07) is 20.4. The molecule has 7 nitrogen and oxygen atoms in total. The van der Waals surface area contributed by atoms with Gasteiger partial charge in [-0.1, -0.05) is 48.5 Å². The van der Waals surface area contributed by atoms with Crippen LogP contribution in [-0.4, -0.2) is 59.3 Å². The van der Waals surface area contributed by atoms with Gasteiger partial charge in [-0.3, -0.25) is 4.90 Å². The van der Waals surface area contributed by atoms with Crippen molar-refractivity contribution in [2.45, 2.75) is 44.8 Å². The van der Waals surface area contributed by atoms with Gasteiger partial charge >= 0.3 is 11.9 Å². The molecule has 0 radical (unpaired) electrons. The molecule has 0 atom stereocenters. The third-order valence-electron chi connectivity index (χ3n) is 6.04. The number of rotatable bonds is 6. The minimum absolute atomic E-state index is 0.647. The first kappa shape index (κ1) is 23.8. The largest absolute Gasteiger partial charge is 0.473 e. The molecule has 2 heterocycles. The van der Waals surface area contributed by atoms with E-state index in [0.29, 0.717) is 6.04 Å². The van der Waals surface area contributed by atoms with Crippen molar-refractivity contribution >= 4 is 17.6 Å². The molecule has 2 aromatic carbocycles. The molecule has 172 valence electrons. The Morgan fingerprint density at radius 3 is 2.06 bits per heavy atom. The molecule has 0 aliphatic carbocycles. The quantitative estimate of drug-likeness (QED) is 0.595. The van der Waals surface area contributed by atoms with Gasteiger partial charge in [0.25, 0.3) is 0 Å². The highest BCUT2D eigenvalue weighted by Crippen LogP contribution is 2.25. The maximum Gasteiger partial charge on any atom is 0.414 e. The molecule has 0 unspecified atom stereocenters. The van der Waals surface area contributed by atoms with E-state index in [2.05, 4.69) is 69.7 Å². The summed E-state index contributed by atoms with van der Waals surface area (Å²) in [6.45, 7) is 6.91. The molecule has 3 N–H and O–H groups in total. The topological polar surface area (TPSA) is 93.1 Å². The summed E-state index contributed by atoms with van der Waals surface area (Å²) in [7, 11) is 0. The van der Waals surface area contributed by atoms with Crippen LogP contribution in [0.3, 0.4) is 0 Å². The lowest BCUT2D eigenvalue weighted by Crippen LogP contribution is -2.42. The van der Waals surface area contributed by atoms with E-state index in [4.69, 9.17) is 19.8 Å². The van der Waals surface area contributed by atoms with E-state index in [1.807, 2.05) is 0 Å². The molecule has 0 spiro atoms. The number of nitrogens with zero attached hydrogens (tertiary/aromatic N) is 2.